The number of nitrogens with one attached hydrogen (secondary N) is 1. The van der Waals surface area contributed by atoms with Crippen LogP contribution in [0.4, 0.5) is 17.1 Å². The Hall–Kier alpha value is -3.59. The lowest BCUT2D eigenvalue weighted by Crippen LogP contribution is -2.08. The third-order valence-electron chi connectivity index (χ3n) is 4.35. The van der Waals surface area contributed by atoms with Gasteiger partial charge in [0.05, 0.1) is 23.4 Å². The highest BCUT2D eigenvalue weighted by atomic mass is 32.2. The number of ether oxygens (including phenoxy) is 1. The van der Waals surface area contributed by atoms with E-state index in [1.165, 1.54) is 19.2 Å². The Morgan fingerprint density at radius 2 is 1.61 bits per heavy atom. The van der Waals surface area contributed by atoms with Gasteiger partial charge in [0, 0.05) is 12.3 Å². The Morgan fingerprint density at radius 3 is 2.12 bits per heavy atom. The van der Waals surface area contributed by atoms with Crippen LogP contribution in [0.3, 0.4) is 0 Å². The number of phenolic OH excluding ortho intramolecular Hbond substituents is 1. The van der Waals surface area contributed by atoms with E-state index in [1.807, 2.05) is 0 Å². The molecule has 3 aromatic rings. The summed E-state index contributed by atoms with van der Waals surface area (Å²) >= 11 is 0. The molecule has 0 unspecified atom stereocenters. The van der Waals surface area contributed by atoms with Gasteiger partial charge in [-0.05, 0) is 47.9 Å². The van der Waals surface area contributed by atoms with Gasteiger partial charge in [-0.2, -0.15) is 21.9 Å². The summed E-state index contributed by atoms with van der Waals surface area (Å²) in [5.41, 5.74) is -0.666. The van der Waals surface area contributed by atoms with Gasteiger partial charge in [0.15, 0.2) is 5.75 Å². The fraction of sp³-hybridized carbons (Fsp3) is 0.105. The second kappa shape index (κ2) is 8.74. The summed E-state index contributed by atoms with van der Waals surface area (Å²) in [5.74, 6) is -0.942. The van der Waals surface area contributed by atoms with Crippen molar-refractivity contribution < 1.29 is 40.6 Å². The number of carbonyl (C=O) groups is 1. The zero-order valence-electron chi connectivity index (χ0n) is 17.0. The van der Waals surface area contributed by atoms with Gasteiger partial charge in [-0.3, -0.25) is 13.9 Å². The van der Waals surface area contributed by atoms with E-state index in [0.717, 1.165) is 25.1 Å². The molecule has 0 aliphatic heterocycles. The Balaban J connectivity index is 2.35. The van der Waals surface area contributed by atoms with Crippen molar-refractivity contribution in [3.8, 4) is 11.5 Å². The Morgan fingerprint density at radius 1 is 0.970 bits per heavy atom. The summed E-state index contributed by atoms with van der Waals surface area (Å²) < 4.78 is 71.3. The first kappa shape index (κ1) is 24.1. The van der Waals surface area contributed by atoms with Crippen molar-refractivity contribution in [2.45, 2.75) is 16.7 Å². The van der Waals surface area contributed by atoms with E-state index in [4.69, 9.17) is 4.74 Å². The topological polar surface area (TPSA) is 192 Å². The first-order valence-electron chi connectivity index (χ1n) is 8.93. The first-order chi connectivity index (χ1) is 15.3. The number of fused-ring (bicyclic) bond motifs is 1. The fourth-order valence-corrected chi connectivity index (χ4v) is 4.15. The lowest BCUT2D eigenvalue weighted by Gasteiger charge is -2.14. The average molecular weight is 495 g/mol. The number of hydrogen-bond donors (Lipinski definition) is 4. The van der Waals surface area contributed by atoms with Crippen molar-refractivity contribution in [1.29, 1.82) is 0 Å². The maximum Gasteiger partial charge on any atom is 0.296 e. The quantitative estimate of drug-likeness (QED) is 0.293. The van der Waals surface area contributed by atoms with Crippen LogP contribution in [0, 0.1) is 0 Å². The summed E-state index contributed by atoms with van der Waals surface area (Å²) in [7, 11) is -8.29. The van der Waals surface area contributed by atoms with Gasteiger partial charge < -0.3 is 15.2 Å². The summed E-state index contributed by atoms with van der Waals surface area (Å²) in [6.45, 7) is 1.11. The van der Waals surface area contributed by atoms with Gasteiger partial charge in [0.1, 0.15) is 16.3 Å². The largest absolute Gasteiger partial charge is 0.505 e. The van der Waals surface area contributed by atoms with E-state index >= 15 is 0 Å². The van der Waals surface area contributed by atoms with E-state index in [-0.39, 0.29) is 22.1 Å². The standard InChI is InChI=1S/C19H17N3O9S2/c1-10(23)20-15-9-14(32(25,26)27)7-11-8-16(33(28,29)30)18(19(24)17(11)15)22-21-12-3-5-13(31-2)6-4-12/h3-9,24H,1-2H3,(H,20,23)(H,25,26,27)(H,28,29,30). The minimum absolute atomic E-state index is 0.200. The van der Waals surface area contributed by atoms with Crippen molar-refractivity contribution in [2.24, 2.45) is 10.2 Å². The molecule has 0 aromatic heterocycles. The van der Waals surface area contributed by atoms with Crippen molar-refractivity contribution in [1.82, 2.24) is 0 Å². The van der Waals surface area contributed by atoms with E-state index in [2.05, 4.69) is 15.5 Å². The minimum Gasteiger partial charge on any atom is -0.505 e. The lowest BCUT2D eigenvalue weighted by atomic mass is 10.1. The number of nitrogens with zero attached hydrogens (tertiary/aromatic N) is 2. The van der Waals surface area contributed by atoms with Crippen molar-refractivity contribution >= 4 is 54.0 Å². The van der Waals surface area contributed by atoms with Gasteiger partial charge >= 0.3 is 0 Å². The number of methoxy groups -OCH3 is 1. The number of carbonyl (C=O) groups excluding carboxylic acids is 1. The summed E-state index contributed by atoms with van der Waals surface area (Å²) in [5, 5.41) is 20.3. The lowest BCUT2D eigenvalue weighted by molar-refractivity contribution is -0.114. The molecule has 4 N–H and O–H groups in total. The number of aromatic hydroxyl groups is 1. The highest BCUT2D eigenvalue weighted by Crippen LogP contribution is 2.45. The molecule has 0 saturated carbocycles. The van der Waals surface area contributed by atoms with Crippen LogP contribution in [-0.2, 0) is 25.0 Å². The number of amides is 1. The highest BCUT2D eigenvalue weighted by Gasteiger charge is 2.25. The first-order valence-corrected chi connectivity index (χ1v) is 11.8. The van der Waals surface area contributed by atoms with Crippen LogP contribution in [0.5, 0.6) is 11.5 Å². The van der Waals surface area contributed by atoms with Gasteiger partial charge in [-0.1, -0.05) is 0 Å². The Kier molecular flexibility index (Phi) is 6.37. The predicted octanol–water partition coefficient (Wildman–Crippen LogP) is 3.42. The molecule has 0 spiro atoms. The number of phenols is 1. The molecule has 0 aliphatic carbocycles. The average Bonchev–Trinajstić information content (AvgIpc) is 2.71. The smallest absolute Gasteiger partial charge is 0.296 e. The number of rotatable bonds is 6. The molecule has 14 heteroatoms. The van der Waals surface area contributed by atoms with Crippen LogP contribution in [0.25, 0.3) is 10.8 Å². The zero-order valence-corrected chi connectivity index (χ0v) is 18.7. The monoisotopic (exact) mass is 495 g/mol. The fourth-order valence-electron chi connectivity index (χ4n) is 2.95. The summed E-state index contributed by atoms with van der Waals surface area (Å²) in [6, 6.07) is 8.66. The predicted molar refractivity (Wildman–Crippen MR) is 117 cm³/mol. The molecule has 0 fully saturated rings. The maximum atomic E-state index is 12.0. The third-order valence-corrected chi connectivity index (χ3v) is 6.05. The van der Waals surface area contributed by atoms with Crippen LogP contribution in [0.1, 0.15) is 6.92 Å². The van der Waals surface area contributed by atoms with Gasteiger partial charge in [-0.15, -0.1) is 5.11 Å². The number of benzene rings is 3. The van der Waals surface area contributed by atoms with Crippen LogP contribution in [0.2, 0.25) is 0 Å². The minimum atomic E-state index is -4.98. The van der Waals surface area contributed by atoms with Crippen LogP contribution < -0.4 is 10.1 Å². The molecule has 0 saturated heterocycles. The zero-order chi connectivity index (χ0) is 24.6. The molecular weight excluding hydrogens is 478 g/mol. The summed E-state index contributed by atoms with van der Waals surface area (Å²) in [6.07, 6.45) is 0. The van der Waals surface area contributed by atoms with Crippen molar-refractivity contribution in [2.75, 3.05) is 12.4 Å². The molecule has 0 bridgehead atoms. The molecule has 0 aliphatic rings. The van der Waals surface area contributed by atoms with Crippen molar-refractivity contribution in [3.63, 3.8) is 0 Å². The maximum absolute atomic E-state index is 12.0. The normalized spacial score (nSPS) is 12.2. The third kappa shape index (κ3) is 5.25. The van der Waals surface area contributed by atoms with Gasteiger partial charge in [-0.25, -0.2) is 0 Å². The SMILES string of the molecule is COc1ccc(N=Nc2c(S(=O)(=O)O)cc3cc(S(=O)(=O)O)cc(NC(C)=O)c3c2O)cc1. The van der Waals surface area contributed by atoms with E-state index in [0.29, 0.717) is 5.75 Å². The molecule has 12 nitrogen and oxygen atoms in total. The van der Waals surface area contributed by atoms with Crippen LogP contribution in [0.15, 0.2) is 62.5 Å². The van der Waals surface area contributed by atoms with Crippen LogP contribution >= 0.6 is 0 Å². The molecule has 174 valence electrons. The molecule has 3 aromatic carbocycles. The second-order valence-electron chi connectivity index (χ2n) is 6.67. The molecule has 1 amide bonds. The highest BCUT2D eigenvalue weighted by molar-refractivity contribution is 7.86. The molecular formula is C19H17N3O9S2. The van der Waals surface area contributed by atoms with E-state index in [1.54, 1.807) is 12.1 Å². The van der Waals surface area contributed by atoms with Crippen LogP contribution in [-0.4, -0.2) is 44.1 Å². The number of azo groups is 1. The molecule has 3 rings (SSSR count). The number of anilines is 1. The molecule has 0 radical (unpaired) electrons. The van der Waals surface area contributed by atoms with Gasteiger partial charge in [0.2, 0.25) is 5.91 Å². The molecule has 0 atom stereocenters. The molecule has 0 heterocycles. The van der Waals surface area contributed by atoms with Crippen molar-refractivity contribution in [3.05, 3.63) is 42.5 Å². The molecule has 33 heavy (non-hydrogen) atoms. The van der Waals surface area contributed by atoms with E-state index in [9.17, 15) is 35.8 Å². The van der Waals surface area contributed by atoms with Gasteiger partial charge in [0.25, 0.3) is 20.2 Å². The van der Waals surface area contributed by atoms with E-state index < -0.39 is 47.4 Å². The Bertz CT molecular complexity index is 1500. The number of hydrogen-bond acceptors (Lipinski definition) is 9. The Labute approximate surface area is 188 Å². The second-order valence-corrected chi connectivity index (χ2v) is 9.48. The summed E-state index contributed by atoms with van der Waals surface area (Å²) in [4.78, 5) is 10.0.